The summed E-state index contributed by atoms with van der Waals surface area (Å²) in [7, 11) is 2.11. The first-order valence-electron chi connectivity index (χ1n) is 8.69. The number of rotatable bonds is 2. The van der Waals surface area contributed by atoms with E-state index in [1.165, 1.54) is 32.1 Å². The standard InChI is InChI=1S/C17H28N2O/c1-19(17(20)13-2-4-18-5-3-13)16-14-7-11-6-12(9-14)10-15(16)8-11/h11-16,18H,2-10H2,1H3. The molecule has 0 aromatic heterocycles. The maximum Gasteiger partial charge on any atom is 0.225 e. The number of nitrogens with one attached hydrogen (secondary N) is 1. The number of nitrogens with zero attached hydrogens (tertiary/aromatic N) is 1. The van der Waals surface area contributed by atoms with Gasteiger partial charge in [0.05, 0.1) is 0 Å². The Morgan fingerprint density at radius 2 is 1.50 bits per heavy atom. The summed E-state index contributed by atoms with van der Waals surface area (Å²) in [6, 6.07) is 0.574. The fraction of sp³-hybridized carbons (Fsp3) is 0.941. The van der Waals surface area contributed by atoms with Crippen molar-refractivity contribution in [2.24, 2.45) is 29.6 Å². The largest absolute Gasteiger partial charge is 0.342 e. The third-order valence-corrected chi connectivity index (χ3v) is 6.66. The molecule has 0 atom stereocenters. The van der Waals surface area contributed by atoms with Gasteiger partial charge in [0.2, 0.25) is 5.91 Å². The molecule has 5 aliphatic rings. The Morgan fingerprint density at radius 1 is 0.950 bits per heavy atom. The van der Waals surface area contributed by atoms with Crippen LogP contribution in [0.5, 0.6) is 0 Å². The lowest BCUT2D eigenvalue weighted by Crippen LogP contribution is -2.57. The molecule has 3 heteroatoms. The van der Waals surface area contributed by atoms with E-state index in [9.17, 15) is 4.79 Å². The molecular formula is C17H28N2O. The van der Waals surface area contributed by atoms with Crippen LogP contribution in [0.2, 0.25) is 0 Å². The fourth-order valence-corrected chi connectivity index (χ4v) is 6.03. The summed E-state index contributed by atoms with van der Waals surface area (Å²) in [6.45, 7) is 2.04. The van der Waals surface area contributed by atoms with E-state index in [4.69, 9.17) is 0 Å². The molecule has 3 nitrogen and oxygen atoms in total. The number of hydrogen-bond donors (Lipinski definition) is 1. The molecule has 0 aromatic rings. The van der Waals surface area contributed by atoms with Gasteiger partial charge >= 0.3 is 0 Å². The second-order valence-corrected chi connectivity index (χ2v) is 7.89. The van der Waals surface area contributed by atoms with Gasteiger partial charge in [0.15, 0.2) is 0 Å². The van der Waals surface area contributed by atoms with Gasteiger partial charge in [0.25, 0.3) is 0 Å². The SMILES string of the molecule is CN(C(=O)C1CCNCC1)C1C2CC3CC(C2)CC1C3. The van der Waals surface area contributed by atoms with Gasteiger partial charge in [-0.15, -0.1) is 0 Å². The minimum Gasteiger partial charge on any atom is -0.342 e. The molecule has 5 fully saturated rings. The molecule has 1 N–H and O–H groups in total. The first-order chi connectivity index (χ1) is 9.72. The van der Waals surface area contributed by atoms with Crippen molar-refractivity contribution in [3.05, 3.63) is 0 Å². The van der Waals surface area contributed by atoms with Gasteiger partial charge in [-0.25, -0.2) is 0 Å². The number of piperidine rings is 1. The van der Waals surface area contributed by atoms with Crippen LogP contribution >= 0.6 is 0 Å². The van der Waals surface area contributed by atoms with Crippen molar-refractivity contribution < 1.29 is 4.79 Å². The van der Waals surface area contributed by atoms with Crippen LogP contribution in [0, 0.1) is 29.6 Å². The molecule has 1 amide bonds. The predicted molar refractivity (Wildman–Crippen MR) is 79.2 cm³/mol. The monoisotopic (exact) mass is 276 g/mol. The Labute approximate surface area is 122 Å². The minimum atomic E-state index is 0.290. The minimum absolute atomic E-state index is 0.290. The van der Waals surface area contributed by atoms with E-state index >= 15 is 0 Å². The lowest BCUT2D eigenvalue weighted by molar-refractivity contribution is -0.146. The fourth-order valence-electron chi connectivity index (χ4n) is 6.03. The van der Waals surface area contributed by atoms with Gasteiger partial charge in [-0.05, 0) is 81.7 Å². The zero-order valence-electron chi connectivity index (χ0n) is 12.7. The summed E-state index contributed by atoms with van der Waals surface area (Å²) in [5, 5.41) is 3.37. The van der Waals surface area contributed by atoms with Crippen molar-refractivity contribution in [1.82, 2.24) is 10.2 Å². The van der Waals surface area contributed by atoms with Crippen LogP contribution in [0.25, 0.3) is 0 Å². The molecule has 20 heavy (non-hydrogen) atoms. The van der Waals surface area contributed by atoms with E-state index < -0.39 is 0 Å². The van der Waals surface area contributed by atoms with Crippen molar-refractivity contribution in [3.63, 3.8) is 0 Å². The molecule has 5 rings (SSSR count). The van der Waals surface area contributed by atoms with Crippen LogP contribution < -0.4 is 5.32 Å². The molecule has 0 unspecified atom stereocenters. The van der Waals surface area contributed by atoms with Gasteiger partial charge in [-0.1, -0.05) is 0 Å². The van der Waals surface area contributed by atoms with Gasteiger partial charge in [-0.2, -0.15) is 0 Å². The Morgan fingerprint density at radius 3 is 2.05 bits per heavy atom. The molecule has 4 saturated carbocycles. The summed E-state index contributed by atoms with van der Waals surface area (Å²) < 4.78 is 0. The van der Waals surface area contributed by atoms with E-state index in [0.29, 0.717) is 17.9 Å². The molecular weight excluding hydrogens is 248 g/mol. The van der Waals surface area contributed by atoms with Gasteiger partial charge in [0, 0.05) is 19.0 Å². The molecule has 0 aromatic carbocycles. The third-order valence-electron chi connectivity index (χ3n) is 6.66. The van der Waals surface area contributed by atoms with Crippen molar-refractivity contribution in [2.45, 2.75) is 51.0 Å². The van der Waals surface area contributed by atoms with Gasteiger partial charge in [-0.3, -0.25) is 4.79 Å². The second kappa shape index (κ2) is 5.01. The van der Waals surface area contributed by atoms with Crippen molar-refractivity contribution in [2.75, 3.05) is 20.1 Å². The van der Waals surface area contributed by atoms with E-state index in [2.05, 4.69) is 17.3 Å². The normalized spacial score (nSPS) is 43.8. The zero-order chi connectivity index (χ0) is 13.7. The highest BCUT2D eigenvalue weighted by Gasteiger charge is 2.50. The Hall–Kier alpha value is -0.570. The topological polar surface area (TPSA) is 32.3 Å². The summed E-state index contributed by atoms with van der Waals surface area (Å²) in [5.41, 5.74) is 0. The Kier molecular flexibility index (Phi) is 3.29. The molecule has 1 heterocycles. The molecule has 1 aliphatic heterocycles. The molecule has 112 valence electrons. The van der Waals surface area contributed by atoms with Crippen molar-refractivity contribution >= 4 is 5.91 Å². The summed E-state index contributed by atoms with van der Waals surface area (Å²) in [5.74, 6) is 4.37. The molecule has 4 bridgehead atoms. The van der Waals surface area contributed by atoms with Crippen molar-refractivity contribution in [1.29, 1.82) is 0 Å². The average molecular weight is 276 g/mol. The Bertz CT molecular complexity index is 360. The zero-order valence-corrected chi connectivity index (χ0v) is 12.7. The lowest BCUT2D eigenvalue weighted by atomic mass is 9.54. The highest BCUT2D eigenvalue weighted by atomic mass is 16.2. The molecule has 1 saturated heterocycles. The molecule has 4 aliphatic carbocycles. The number of amides is 1. The van der Waals surface area contributed by atoms with E-state index in [1.54, 1.807) is 0 Å². The van der Waals surface area contributed by atoms with E-state index in [0.717, 1.165) is 49.6 Å². The first kappa shape index (κ1) is 13.1. The van der Waals surface area contributed by atoms with E-state index in [-0.39, 0.29) is 0 Å². The van der Waals surface area contributed by atoms with E-state index in [1.807, 2.05) is 0 Å². The third kappa shape index (κ3) is 2.09. The van der Waals surface area contributed by atoms with Crippen LogP contribution in [0.3, 0.4) is 0 Å². The molecule has 0 radical (unpaired) electrons. The number of carbonyl (C=O) groups is 1. The number of carbonyl (C=O) groups excluding carboxylic acids is 1. The van der Waals surface area contributed by atoms with Gasteiger partial charge < -0.3 is 10.2 Å². The first-order valence-corrected chi connectivity index (χ1v) is 8.69. The lowest BCUT2D eigenvalue weighted by Gasteiger charge is -2.57. The maximum absolute atomic E-state index is 12.8. The predicted octanol–water partition coefficient (Wildman–Crippen LogP) is 2.27. The summed E-state index contributed by atoms with van der Waals surface area (Å²) >= 11 is 0. The smallest absolute Gasteiger partial charge is 0.225 e. The maximum atomic E-state index is 12.8. The number of hydrogen-bond acceptors (Lipinski definition) is 2. The van der Waals surface area contributed by atoms with Crippen LogP contribution in [-0.4, -0.2) is 37.0 Å². The second-order valence-electron chi connectivity index (χ2n) is 7.89. The highest BCUT2D eigenvalue weighted by Crippen LogP contribution is 2.55. The highest BCUT2D eigenvalue weighted by molar-refractivity contribution is 5.79. The van der Waals surface area contributed by atoms with Crippen LogP contribution in [-0.2, 0) is 4.79 Å². The average Bonchev–Trinajstić information content (AvgIpc) is 2.46. The Balaban J connectivity index is 1.47. The van der Waals surface area contributed by atoms with Crippen LogP contribution in [0.4, 0.5) is 0 Å². The van der Waals surface area contributed by atoms with Gasteiger partial charge in [0.1, 0.15) is 0 Å². The summed E-state index contributed by atoms with van der Waals surface area (Å²) in [4.78, 5) is 15.0. The van der Waals surface area contributed by atoms with Crippen LogP contribution in [0.1, 0.15) is 44.9 Å². The molecule has 0 spiro atoms. The van der Waals surface area contributed by atoms with Crippen molar-refractivity contribution in [3.8, 4) is 0 Å². The van der Waals surface area contributed by atoms with Crippen LogP contribution in [0.15, 0.2) is 0 Å². The quantitative estimate of drug-likeness (QED) is 0.839. The summed E-state index contributed by atoms with van der Waals surface area (Å²) in [6.07, 6.45) is 9.19.